The zero-order valence-electron chi connectivity index (χ0n) is 14.8. The number of para-hydroxylation sites is 1. The number of fused-ring (bicyclic) bond motifs is 1. The van der Waals surface area contributed by atoms with E-state index in [4.69, 9.17) is 11.8 Å². The first-order chi connectivity index (χ1) is 10.3. The molecule has 0 aromatic heterocycles. The lowest BCUT2D eigenvalue weighted by atomic mass is 9.84. The van der Waals surface area contributed by atoms with E-state index >= 15 is 0 Å². The highest BCUT2D eigenvalue weighted by Gasteiger charge is 2.39. The molecule has 0 spiro atoms. The van der Waals surface area contributed by atoms with E-state index in [1.165, 1.54) is 16.9 Å². The van der Waals surface area contributed by atoms with Gasteiger partial charge in [0.2, 0.25) is 0 Å². The fraction of sp³-hybridized carbons (Fsp3) is 0.556. The van der Waals surface area contributed by atoms with Gasteiger partial charge in [0.05, 0.1) is 0 Å². The summed E-state index contributed by atoms with van der Waals surface area (Å²) in [4.78, 5) is 2.34. The van der Waals surface area contributed by atoms with E-state index in [9.17, 15) is 0 Å². The highest BCUT2D eigenvalue weighted by Crippen LogP contribution is 2.56. The molecule has 1 unspecified atom stereocenters. The molecular formula is C18H29N2PS. The minimum atomic E-state index is -1.64. The first-order valence-corrected chi connectivity index (χ1v) is 11.2. The summed E-state index contributed by atoms with van der Waals surface area (Å²) in [5.41, 5.74) is 4.11. The maximum Gasteiger partial charge on any atom is 0.0448 e. The molecule has 0 bridgehead atoms. The average Bonchev–Trinajstić information content (AvgIpc) is 2.70. The normalized spacial score (nSPS) is 21.2. The molecule has 0 amide bonds. The largest absolute Gasteiger partial charge is 0.347 e. The van der Waals surface area contributed by atoms with Gasteiger partial charge < -0.3 is 4.90 Å². The van der Waals surface area contributed by atoms with E-state index in [1.54, 1.807) is 0 Å². The summed E-state index contributed by atoms with van der Waals surface area (Å²) in [6, 6.07) is 8.72. The van der Waals surface area contributed by atoms with Crippen LogP contribution >= 0.6 is 6.19 Å². The summed E-state index contributed by atoms with van der Waals surface area (Å²) in [5, 5.41) is 0. The van der Waals surface area contributed by atoms with Crippen LogP contribution in [0.25, 0.3) is 0 Å². The van der Waals surface area contributed by atoms with Gasteiger partial charge in [-0.1, -0.05) is 64.6 Å². The van der Waals surface area contributed by atoms with Crippen LogP contribution in [0.15, 0.2) is 35.8 Å². The van der Waals surface area contributed by atoms with Crippen molar-refractivity contribution in [3.05, 3.63) is 41.3 Å². The molecule has 0 N–H and O–H groups in total. The maximum atomic E-state index is 6.16. The summed E-state index contributed by atoms with van der Waals surface area (Å²) in [6.07, 6.45) is -0.593. The van der Waals surface area contributed by atoms with Crippen LogP contribution in [0.4, 0.5) is 5.69 Å². The van der Waals surface area contributed by atoms with Crippen molar-refractivity contribution in [3.63, 3.8) is 0 Å². The van der Waals surface area contributed by atoms with Gasteiger partial charge in [0.15, 0.2) is 0 Å². The summed E-state index contributed by atoms with van der Waals surface area (Å²) >= 11 is 6.16. The Morgan fingerprint density at radius 2 is 1.77 bits per heavy atom. The Balaban J connectivity index is 2.55. The van der Waals surface area contributed by atoms with E-state index in [1.807, 2.05) is 0 Å². The first-order valence-electron chi connectivity index (χ1n) is 8.22. The summed E-state index contributed by atoms with van der Waals surface area (Å²) in [7, 11) is 2.18. The molecule has 0 radical (unpaired) electrons. The van der Waals surface area contributed by atoms with Crippen LogP contribution in [0.1, 0.15) is 40.2 Å². The van der Waals surface area contributed by atoms with Crippen molar-refractivity contribution in [2.45, 2.75) is 40.0 Å². The van der Waals surface area contributed by atoms with E-state index in [2.05, 4.69) is 81.3 Å². The lowest BCUT2D eigenvalue weighted by Gasteiger charge is -2.34. The number of hydrogen-bond donors (Lipinski definition) is 0. The second kappa shape index (κ2) is 6.47. The van der Waals surface area contributed by atoms with Gasteiger partial charge in [-0.3, -0.25) is 4.67 Å². The van der Waals surface area contributed by atoms with Crippen LogP contribution in [0, 0.1) is 0 Å². The monoisotopic (exact) mass is 336 g/mol. The molecule has 2 rings (SSSR count). The molecule has 1 heterocycles. The Labute approximate surface area is 141 Å². The fourth-order valence-electron chi connectivity index (χ4n) is 3.50. The fourth-order valence-corrected chi connectivity index (χ4v) is 7.07. The predicted octanol–water partition coefficient (Wildman–Crippen LogP) is 5.01. The van der Waals surface area contributed by atoms with Gasteiger partial charge in [0, 0.05) is 43.1 Å². The van der Waals surface area contributed by atoms with Crippen molar-refractivity contribution in [2.24, 2.45) is 0 Å². The molecule has 0 saturated heterocycles. The minimum absolute atomic E-state index is 0.0255. The Hall–Kier alpha value is -0.630. The van der Waals surface area contributed by atoms with Gasteiger partial charge in [0.25, 0.3) is 0 Å². The third-order valence-electron chi connectivity index (χ3n) is 4.93. The van der Waals surface area contributed by atoms with Crippen molar-refractivity contribution in [1.82, 2.24) is 4.67 Å². The van der Waals surface area contributed by atoms with Crippen LogP contribution in [0.2, 0.25) is 0 Å². The summed E-state index contributed by atoms with van der Waals surface area (Å²) in [6.45, 7) is 13.4. The predicted molar refractivity (Wildman–Crippen MR) is 104 cm³/mol. The van der Waals surface area contributed by atoms with Gasteiger partial charge in [-0.05, 0) is 23.6 Å². The first kappa shape index (κ1) is 17.7. The second-order valence-corrected chi connectivity index (χ2v) is 11.3. The SMILES string of the molecule is CCN(CC)P(=S)(C=C1N(C)c2ccccc2C1(C)C)CC. The molecule has 0 saturated carbocycles. The third-order valence-corrected chi connectivity index (χ3v) is 9.79. The number of hydrogen-bond acceptors (Lipinski definition) is 2. The molecule has 0 aliphatic carbocycles. The Morgan fingerprint density at radius 1 is 1.18 bits per heavy atom. The number of rotatable bonds is 5. The van der Waals surface area contributed by atoms with Gasteiger partial charge in [-0.15, -0.1) is 0 Å². The van der Waals surface area contributed by atoms with E-state index in [0.29, 0.717) is 0 Å². The van der Waals surface area contributed by atoms with Gasteiger partial charge in [0.1, 0.15) is 0 Å². The molecule has 4 heteroatoms. The number of likely N-dealkylation sites (N-methyl/N-ethyl adjacent to an activating group) is 1. The Kier molecular flexibility index (Phi) is 5.21. The van der Waals surface area contributed by atoms with Crippen LogP contribution < -0.4 is 4.90 Å². The third kappa shape index (κ3) is 2.79. The van der Waals surface area contributed by atoms with Crippen LogP contribution in [0.5, 0.6) is 0 Å². The molecule has 1 aliphatic rings. The molecule has 2 nitrogen and oxygen atoms in total. The minimum Gasteiger partial charge on any atom is -0.347 e. The van der Waals surface area contributed by atoms with E-state index < -0.39 is 6.19 Å². The smallest absolute Gasteiger partial charge is 0.0448 e. The lowest BCUT2D eigenvalue weighted by Crippen LogP contribution is -2.25. The van der Waals surface area contributed by atoms with Crippen molar-refractivity contribution < 1.29 is 0 Å². The molecule has 0 fully saturated rings. The number of benzene rings is 1. The van der Waals surface area contributed by atoms with Gasteiger partial charge >= 0.3 is 0 Å². The highest BCUT2D eigenvalue weighted by molar-refractivity contribution is 8.15. The average molecular weight is 336 g/mol. The van der Waals surface area contributed by atoms with Gasteiger partial charge in [-0.25, -0.2) is 0 Å². The number of nitrogens with zero attached hydrogens (tertiary/aromatic N) is 2. The molecular weight excluding hydrogens is 307 g/mol. The Morgan fingerprint density at radius 3 is 2.27 bits per heavy atom. The van der Waals surface area contributed by atoms with Crippen LogP contribution in [0.3, 0.4) is 0 Å². The quantitative estimate of drug-likeness (QED) is 0.698. The van der Waals surface area contributed by atoms with Crippen molar-refractivity contribution in [1.29, 1.82) is 0 Å². The molecule has 1 aliphatic heterocycles. The second-order valence-electron chi connectivity index (χ2n) is 6.43. The molecule has 1 atom stereocenters. The van der Waals surface area contributed by atoms with Crippen LogP contribution in [-0.2, 0) is 17.2 Å². The summed E-state index contributed by atoms with van der Waals surface area (Å²) in [5.74, 6) is 2.44. The van der Waals surface area contributed by atoms with Gasteiger partial charge in [-0.2, -0.15) is 0 Å². The Bertz CT molecular complexity index is 617. The standard InChI is InChI=1S/C18H29N2PS/c1-7-20(8-2)21(22,9-3)14-17-18(4,5)15-12-10-11-13-16(15)19(17)6/h10-14H,7-9H2,1-6H3. The topological polar surface area (TPSA) is 6.48 Å². The molecule has 1 aromatic rings. The zero-order chi connectivity index (χ0) is 16.5. The number of anilines is 1. The lowest BCUT2D eigenvalue weighted by molar-refractivity contribution is 0.508. The van der Waals surface area contributed by atoms with E-state index in [0.717, 1.165) is 19.3 Å². The summed E-state index contributed by atoms with van der Waals surface area (Å²) < 4.78 is 2.49. The molecule has 22 heavy (non-hydrogen) atoms. The van der Waals surface area contributed by atoms with Crippen LogP contribution in [-0.4, -0.2) is 31.0 Å². The van der Waals surface area contributed by atoms with Crippen molar-refractivity contribution in [2.75, 3.05) is 31.2 Å². The highest BCUT2D eigenvalue weighted by atomic mass is 32.4. The molecule has 122 valence electrons. The van der Waals surface area contributed by atoms with Crippen molar-refractivity contribution in [3.8, 4) is 0 Å². The molecule has 1 aromatic carbocycles. The van der Waals surface area contributed by atoms with E-state index in [-0.39, 0.29) is 5.41 Å². The number of allylic oxidation sites excluding steroid dienone is 1. The zero-order valence-corrected chi connectivity index (χ0v) is 16.5. The van der Waals surface area contributed by atoms with Crippen molar-refractivity contribution >= 4 is 23.7 Å². The maximum absolute atomic E-state index is 6.16.